The first-order valence-electron chi connectivity index (χ1n) is 7.09. The van der Waals surface area contributed by atoms with Gasteiger partial charge in [0, 0.05) is 0 Å². The summed E-state index contributed by atoms with van der Waals surface area (Å²) in [6, 6.07) is 14.1. The molecule has 2 nitrogen and oxygen atoms in total. The van der Waals surface area contributed by atoms with Crippen molar-refractivity contribution in [3.63, 3.8) is 0 Å². The van der Waals surface area contributed by atoms with Crippen molar-refractivity contribution in [1.29, 1.82) is 0 Å². The van der Waals surface area contributed by atoms with E-state index < -0.39 is 8.32 Å². The molecule has 0 saturated carbocycles. The van der Waals surface area contributed by atoms with Crippen molar-refractivity contribution in [3.05, 3.63) is 35.9 Å². The van der Waals surface area contributed by atoms with Gasteiger partial charge in [0.1, 0.15) is 12.2 Å². The minimum absolute atomic E-state index is 0.267. The van der Waals surface area contributed by atoms with Gasteiger partial charge in [0.15, 0.2) is 8.32 Å². The van der Waals surface area contributed by atoms with Gasteiger partial charge in [-0.05, 0) is 23.7 Å². The van der Waals surface area contributed by atoms with Crippen LogP contribution >= 0.6 is 0 Å². The van der Waals surface area contributed by atoms with Gasteiger partial charge in [-0.15, -0.1) is 0 Å². The van der Waals surface area contributed by atoms with Crippen molar-refractivity contribution in [2.75, 3.05) is 6.61 Å². The Morgan fingerprint density at radius 2 is 1.67 bits per heavy atom. The maximum atomic E-state index is 6.27. The third kappa shape index (κ3) is 3.02. The fourth-order valence-electron chi connectivity index (χ4n) is 2.52. The smallest absolute Gasteiger partial charge is 0.192 e. The molecule has 0 amide bonds. The van der Waals surface area contributed by atoms with Crippen molar-refractivity contribution in [2.45, 2.75) is 51.1 Å². The molecule has 1 saturated heterocycles. The molecule has 1 fully saturated rings. The lowest BCUT2D eigenvalue weighted by Crippen LogP contribution is -2.37. The second-order valence-electron chi connectivity index (χ2n) is 5.06. The van der Waals surface area contributed by atoms with Crippen LogP contribution in [0.1, 0.15) is 32.4 Å². The highest BCUT2D eigenvalue weighted by Gasteiger charge is 2.42. The van der Waals surface area contributed by atoms with Crippen LogP contribution in [0, 0.1) is 0 Å². The van der Waals surface area contributed by atoms with E-state index in [1.807, 2.05) is 6.07 Å². The molecule has 0 spiro atoms. The number of hydrogen-bond donors (Lipinski definition) is 0. The van der Waals surface area contributed by atoms with Crippen LogP contribution in [0.4, 0.5) is 0 Å². The number of hydrogen-bond acceptors (Lipinski definition) is 2. The summed E-state index contributed by atoms with van der Waals surface area (Å²) in [6.07, 6.45) is 0.549. The highest BCUT2D eigenvalue weighted by atomic mass is 28.4. The molecule has 1 aromatic carbocycles. The molecule has 2 atom stereocenters. The molecule has 1 aliphatic heterocycles. The van der Waals surface area contributed by atoms with E-state index in [1.165, 1.54) is 23.7 Å². The summed E-state index contributed by atoms with van der Waals surface area (Å²) >= 11 is 0. The summed E-state index contributed by atoms with van der Waals surface area (Å²) in [5, 5.41) is 0. The Balaban J connectivity index is 1.83. The Kier molecular flexibility index (Phi) is 4.59. The van der Waals surface area contributed by atoms with Crippen molar-refractivity contribution in [2.24, 2.45) is 0 Å². The highest BCUT2D eigenvalue weighted by molar-refractivity contribution is 6.73. The molecular formula is C15H24O2Si. The van der Waals surface area contributed by atoms with Crippen LogP contribution in [0.25, 0.3) is 0 Å². The lowest BCUT2D eigenvalue weighted by Gasteiger charge is -2.27. The average molecular weight is 264 g/mol. The van der Waals surface area contributed by atoms with E-state index in [-0.39, 0.29) is 12.2 Å². The number of benzene rings is 1. The Morgan fingerprint density at radius 1 is 1.06 bits per heavy atom. The van der Waals surface area contributed by atoms with Crippen LogP contribution < -0.4 is 0 Å². The monoisotopic (exact) mass is 264 g/mol. The summed E-state index contributed by atoms with van der Waals surface area (Å²) in [7, 11) is -1.45. The van der Waals surface area contributed by atoms with Crippen LogP contribution in [0.5, 0.6) is 0 Å². The van der Waals surface area contributed by atoms with E-state index in [4.69, 9.17) is 9.16 Å². The van der Waals surface area contributed by atoms with Crippen LogP contribution in [0.15, 0.2) is 30.3 Å². The summed E-state index contributed by atoms with van der Waals surface area (Å²) < 4.78 is 12.0. The van der Waals surface area contributed by atoms with Crippen LogP contribution in [0.2, 0.25) is 18.1 Å². The van der Waals surface area contributed by atoms with Gasteiger partial charge in [-0.1, -0.05) is 51.1 Å². The molecule has 18 heavy (non-hydrogen) atoms. The largest absolute Gasteiger partial charge is 0.414 e. The zero-order chi connectivity index (χ0) is 13.0. The molecule has 0 N–H and O–H groups in total. The Labute approximate surface area is 111 Å². The molecule has 2 rings (SSSR count). The van der Waals surface area contributed by atoms with Gasteiger partial charge in [-0.3, -0.25) is 0 Å². The van der Waals surface area contributed by atoms with Gasteiger partial charge < -0.3 is 9.16 Å². The third-order valence-electron chi connectivity index (χ3n) is 4.20. The van der Waals surface area contributed by atoms with Gasteiger partial charge in [0.05, 0.1) is 6.61 Å². The number of rotatable bonds is 7. The van der Waals surface area contributed by atoms with Crippen molar-refractivity contribution in [3.8, 4) is 0 Å². The SMILES string of the molecule is CC[Si](CC)(CC)OC[C@H]1O[C@H]1c1ccccc1. The topological polar surface area (TPSA) is 21.8 Å². The first kappa shape index (κ1) is 13.8. The highest BCUT2D eigenvalue weighted by Crippen LogP contribution is 2.39. The Morgan fingerprint density at radius 3 is 2.22 bits per heavy atom. The van der Waals surface area contributed by atoms with Gasteiger partial charge in [0.2, 0.25) is 0 Å². The first-order valence-corrected chi connectivity index (χ1v) is 9.62. The van der Waals surface area contributed by atoms with Crippen molar-refractivity contribution < 1.29 is 9.16 Å². The molecule has 1 heterocycles. The Bertz CT molecular complexity index is 354. The Hall–Kier alpha value is -0.643. The van der Waals surface area contributed by atoms with E-state index in [9.17, 15) is 0 Å². The molecule has 3 heteroatoms. The summed E-state index contributed by atoms with van der Waals surface area (Å²) in [4.78, 5) is 0. The van der Waals surface area contributed by atoms with Gasteiger partial charge in [-0.2, -0.15) is 0 Å². The van der Waals surface area contributed by atoms with Gasteiger partial charge >= 0.3 is 0 Å². The molecule has 0 unspecified atom stereocenters. The second-order valence-corrected chi connectivity index (χ2v) is 9.84. The molecule has 0 aliphatic carbocycles. The molecule has 100 valence electrons. The quantitative estimate of drug-likeness (QED) is 0.545. The minimum atomic E-state index is -1.45. The zero-order valence-corrected chi connectivity index (χ0v) is 12.7. The fourth-order valence-corrected chi connectivity index (χ4v) is 5.15. The van der Waals surface area contributed by atoms with E-state index in [0.717, 1.165) is 6.61 Å². The molecule has 0 aromatic heterocycles. The van der Waals surface area contributed by atoms with Crippen LogP contribution in [0.3, 0.4) is 0 Å². The first-order chi connectivity index (χ1) is 8.74. The van der Waals surface area contributed by atoms with Crippen molar-refractivity contribution >= 4 is 8.32 Å². The standard InChI is InChI=1S/C15H24O2Si/c1-4-18(5-2,6-3)16-12-14-15(17-14)13-10-8-7-9-11-13/h7-11,14-15H,4-6,12H2,1-3H3/t14-,15+/m1/s1. The predicted octanol–water partition coefficient (Wildman–Crippen LogP) is 4.15. The average Bonchev–Trinajstić information content (AvgIpc) is 3.22. The minimum Gasteiger partial charge on any atom is -0.414 e. The second kappa shape index (κ2) is 6.00. The lowest BCUT2D eigenvalue weighted by molar-refractivity contribution is 0.248. The predicted molar refractivity (Wildman–Crippen MR) is 77.2 cm³/mol. The number of ether oxygens (including phenoxy) is 1. The summed E-state index contributed by atoms with van der Waals surface area (Å²) in [6.45, 7) is 7.58. The molecule has 0 radical (unpaired) electrons. The van der Waals surface area contributed by atoms with Gasteiger partial charge in [0.25, 0.3) is 0 Å². The van der Waals surface area contributed by atoms with Crippen molar-refractivity contribution in [1.82, 2.24) is 0 Å². The third-order valence-corrected chi connectivity index (χ3v) is 8.84. The van der Waals surface area contributed by atoms with Gasteiger partial charge in [-0.25, -0.2) is 0 Å². The summed E-state index contributed by atoms with van der Waals surface area (Å²) in [5.74, 6) is 0. The normalized spacial score (nSPS) is 23.1. The number of epoxide rings is 1. The molecule has 1 aromatic rings. The van der Waals surface area contributed by atoms with E-state index >= 15 is 0 Å². The lowest BCUT2D eigenvalue weighted by atomic mass is 10.1. The van der Waals surface area contributed by atoms with E-state index in [0.29, 0.717) is 0 Å². The summed E-state index contributed by atoms with van der Waals surface area (Å²) in [5.41, 5.74) is 1.28. The van der Waals surface area contributed by atoms with Crippen LogP contribution in [-0.4, -0.2) is 21.0 Å². The molecular weight excluding hydrogens is 240 g/mol. The molecule has 0 bridgehead atoms. The fraction of sp³-hybridized carbons (Fsp3) is 0.600. The van der Waals surface area contributed by atoms with Crippen LogP contribution in [-0.2, 0) is 9.16 Å². The maximum absolute atomic E-state index is 6.27. The zero-order valence-electron chi connectivity index (χ0n) is 11.7. The maximum Gasteiger partial charge on any atom is 0.192 e. The molecule has 1 aliphatic rings. The van der Waals surface area contributed by atoms with E-state index in [2.05, 4.69) is 45.0 Å². The van der Waals surface area contributed by atoms with E-state index in [1.54, 1.807) is 0 Å².